The van der Waals surface area contributed by atoms with Gasteiger partial charge in [-0.15, -0.1) is 0 Å². The van der Waals surface area contributed by atoms with Crippen molar-refractivity contribution in [2.75, 3.05) is 7.05 Å². The molecule has 1 aliphatic rings. The van der Waals surface area contributed by atoms with Crippen molar-refractivity contribution in [2.24, 2.45) is 11.8 Å². The Morgan fingerprint density at radius 3 is 1.97 bits per heavy atom. The van der Waals surface area contributed by atoms with E-state index in [1.54, 1.807) is 14.0 Å². The highest BCUT2D eigenvalue weighted by Crippen LogP contribution is 2.21. The minimum absolute atomic E-state index is 0.0534. The highest BCUT2D eigenvalue weighted by Gasteiger charge is 2.32. The molecule has 7 heteroatoms. The average molecular weight is 431 g/mol. The minimum Gasteiger partial charge on any atom is -0.351 e. The third-order valence-electron chi connectivity index (χ3n) is 6.01. The maximum absolute atomic E-state index is 13.0. The number of nitrogens with one attached hydrogen (secondary N) is 4. The van der Waals surface area contributed by atoms with Crippen molar-refractivity contribution in [1.29, 1.82) is 0 Å². The first kappa shape index (κ1) is 24.9. The van der Waals surface area contributed by atoms with E-state index in [0.29, 0.717) is 0 Å². The lowest BCUT2D eigenvalue weighted by atomic mass is 9.88. The molecule has 0 radical (unpaired) electrons. The standard InChI is InChI=1S/C24H38N4O3/c1-14(2)20(28-24(31)21(15(3)4)27-22(29)16(5)25-6)23(30)26-19-12-11-17-9-7-8-10-18(17)13-19/h7-10,14-16,19-21,25H,11-13H2,1-6H3,(H,26,30)(H,27,29)(H,28,31)/t16-,19?,20-,21-/m0/s1. The number of carbonyl (C=O) groups is 3. The van der Waals surface area contributed by atoms with Crippen LogP contribution in [0.4, 0.5) is 0 Å². The van der Waals surface area contributed by atoms with Crippen LogP contribution in [0.2, 0.25) is 0 Å². The summed E-state index contributed by atoms with van der Waals surface area (Å²) in [4.78, 5) is 38.3. The fourth-order valence-corrected chi connectivity index (χ4v) is 3.83. The molecular weight excluding hydrogens is 392 g/mol. The Labute approximate surface area is 186 Å². The molecule has 0 spiro atoms. The molecule has 0 saturated carbocycles. The summed E-state index contributed by atoms with van der Waals surface area (Å²) in [7, 11) is 1.69. The quantitative estimate of drug-likeness (QED) is 0.478. The molecule has 0 heterocycles. The lowest BCUT2D eigenvalue weighted by Gasteiger charge is -2.30. The second kappa shape index (κ2) is 11.3. The lowest BCUT2D eigenvalue weighted by molar-refractivity contribution is -0.134. The van der Waals surface area contributed by atoms with Crippen molar-refractivity contribution >= 4 is 17.7 Å². The molecule has 1 aromatic carbocycles. The van der Waals surface area contributed by atoms with Crippen molar-refractivity contribution in [1.82, 2.24) is 21.3 Å². The van der Waals surface area contributed by atoms with E-state index in [1.165, 1.54) is 11.1 Å². The Morgan fingerprint density at radius 2 is 1.39 bits per heavy atom. The Morgan fingerprint density at radius 1 is 0.839 bits per heavy atom. The largest absolute Gasteiger partial charge is 0.351 e. The first-order valence-corrected chi connectivity index (χ1v) is 11.3. The molecule has 31 heavy (non-hydrogen) atoms. The SMILES string of the molecule is CN[C@@H](C)C(=O)N[C@H](C(=O)N[C@H](C(=O)NC1CCc2ccccc2C1)C(C)C)C(C)C. The summed E-state index contributed by atoms with van der Waals surface area (Å²) >= 11 is 0. The van der Waals surface area contributed by atoms with Crippen molar-refractivity contribution in [2.45, 2.75) is 78.0 Å². The van der Waals surface area contributed by atoms with Gasteiger partial charge in [-0.25, -0.2) is 0 Å². The van der Waals surface area contributed by atoms with E-state index in [4.69, 9.17) is 0 Å². The van der Waals surface area contributed by atoms with Crippen LogP contribution in [-0.2, 0) is 27.2 Å². The number of likely N-dealkylation sites (N-methyl/N-ethyl adjacent to an activating group) is 1. The third-order valence-corrected chi connectivity index (χ3v) is 6.01. The van der Waals surface area contributed by atoms with Crippen LogP contribution >= 0.6 is 0 Å². The molecule has 3 amide bonds. The number of amides is 3. The van der Waals surface area contributed by atoms with E-state index in [9.17, 15) is 14.4 Å². The summed E-state index contributed by atoms with van der Waals surface area (Å²) in [6.07, 6.45) is 2.62. The zero-order valence-electron chi connectivity index (χ0n) is 19.6. The Kier molecular flexibility index (Phi) is 9.04. The maximum atomic E-state index is 13.0. The van der Waals surface area contributed by atoms with Gasteiger partial charge < -0.3 is 21.3 Å². The summed E-state index contributed by atoms with van der Waals surface area (Å²) < 4.78 is 0. The normalized spacial score (nSPS) is 18.6. The van der Waals surface area contributed by atoms with E-state index < -0.39 is 18.1 Å². The van der Waals surface area contributed by atoms with Crippen LogP contribution in [-0.4, -0.2) is 48.9 Å². The van der Waals surface area contributed by atoms with Crippen LogP contribution in [0.25, 0.3) is 0 Å². The minimum atomic E-state index is -0.709. The molecule has 0 bridgehead atoms. The van der Waals surface area contributed by atoms with E-state index in [1.807, 2.05) is 39.8 Å². The Balaban J connectivity index is 2.02. The molecule has 7 nitrogen and oxygen atoms in total. The molecule has 1 aromatic rings. The van der Waals surface area contributed by atoms with Gasteiger partial charge in [0, 0.05) is 6.04 Å². The van der Waals surface area contributed by atoms with E-state index in [2.05, 4.69) is 33.4 Å². The van der Waals surface area contributed by atoms with Gasteiger partial charge in [0.15, 0.2) is 0 Å². The number of hydrogen-bond donors (Lipinski definition) is 4. The topological polar surface area (TPSA) is 99.3 Å². The van der Waals surface area contributed by atoms with Crippen molar-refractivity contribution in [3.8, 4) is 0 Å². The van der Waals surface area contributed by atoms with Gasteiger partial charge in [0.05, 0.1) is 6.04 Å². The number of rotatable bonds is 9. The fraction of sp³-hybridized carbons (Fsp3) is 0.625. The van der Waals surface area contributed by atoms with Gasteiger partial charge in [-0.05, 0) is 56.2 Å². The molecule has 0 fully saturated rings. The first-order chi connectivity index (χ1) is 14.6. The molecule has 4 atom stereocenters. The second-order valence-electron chi connectivity index (χ2n) is 9.19. The number of benzene rings is 1. The van der Waals surface area contributed by atoms with Gasteiger partial charge in [0.2, 0.25) is 17.7 Å². The van der Waals surface area contributed by atoms with Crippen LogP contribution in [0.3, 0.4) is 0 Å². The second-order valence-corrected chi connectivity index (χ2v) is 9.19. The number of aryl methyl sites for hydroxylation is 1. The molecule has 0 saturated heterocycles. The lowest BCUT2D eigenvalue weighted by Crippen LogP contribution is -2.59. The summed E-state index contributed by atoms with van der Waals surface area (Å²) in [5.74, 6) is -0.958. The van der Waals surface area contributed by atoms with E-state index in [0.717, 1.165) is 19.3 Å². The van der Waals surface area contributed by atoms with Gasteiger partial charge in [0.25, 0.3) is 0 Å². The molecule has 1 unspecified atom stereocenters. The maximum Gasteiger partial charge on any atom is 0.243 e. The molecular formula is C24H38N4O3. The van der Waals surface area contributed by atoms with E-state index >= 15 is 0 Å². The molecule has 172 valence electrons. The summed E-state index contributed by atoms with van der Waals surface area (Å²) in [6.45, 7) is 9.30. The monoisotopic (exact) mass is 430 g/mol. The number of carbonyl (C=O) groups excluding carboxylic acids is 3. The zero-order valence-corrected chi connectivity index (χ0v) is 19.6. The predicted molar refractivity (Wildman–Crippen MR) is 122 cm³/mol. The molecule has 4 N–H and O–H groups in total. The van der Waals surface area contributed by atoms with Crippen LogP contribution in [0.15, 0.2) is 24.3 Å². The van der Waals surface area contributed by atoms with Crippen LogP contribution in [0, 0.1) is 11.8 Å². The summed E-state index contributed by atoms with van der Waals surface area (Å²) in [5, 5.41) is 11.7. The Hall–Kier alpha value is -2.41. The average Bonchev–Trinajstić information content (AvgIpc) is 2.74. The van der Waals surface area contributed by atoms with E-state index in [-0.39, 0.29) is 35.6 Å². The molecule has 1 aliphatic carbocycles. The van der Waals surface area contributed by atoms with Crippen molar-refractivity contribution < 1.29 is 14.4 Å². The molecule has 0 aromatic heterocycles. The van der Waals surface area contributed by atoms with Crippen LogP contribution in [0.5, 0.6) is 0 Å². The zero-order chi connectivity index (χ0) is 23.1. The molecule has 0 aliphatic heterocycles. The van der Waals surface area contributed by atoms with Crippen LogP contribution in [0.1, 0.15) is 52.2 Å². The molecule has 2 rings (SSSR count). The first-order valence-electron chi connectivity index (χ1n) is 11.3. The third kappa shape index (κ3) is 6.79. The summed E-state index contributed by atoms with van der Waals surface area (Å²) in [6, 6.07) is 6.59. The number of fused-ring (bicyclic) bond motifs is 1. The van der Waals surface area contributed by atoms with Gasteiger partial charge in [-0.2, -0.15) is 0 Å². The fourth-order valence-electron chi connectivity index (χ4n) is 3.83. The van der Waals surface area contributed by atoms with Gasteiger partial charge in [0.1, 0.15) is 12.1 Å². The van der Waals surface area contributed by atoms with Gasteiger partial charge in [-0.1, -0.05) is 52.0 Å². The van der Waals surface area contributed by atoms with Gasteiger partial charge >= 0.3 is 0 Å². The summed E-state index contributed by atoms with van der Waals surface area (Å²) in [5.41, 5.74) is 2.61. The van der Waals surface area contributed by atoms with Gasteiger partial charge in [-0.3, -0.25) is 14.4 Å². The van der Waals surface area contributed by atoms with Crippen molar-refractivity contribution in [3.63, 3.8) is 0 Å². The highest BCUT2D eigenvalue weighted by molar-refractivity contribution is 5.93. The number of hydrogen-bond acceptors (Lipinski definition) is 4. The van der Waals surface area contributed by atoms with Crippen LogP contribution < -0.4 is 21.3 Å². The smallest absolute Gasteiger partial charge is 0.243 e. The highest BCUT2D eigenvalue weighted by atomic mass is 16.2. The van der Waals surface area contributed by atoms with Crippen molar-refractivity contribution in [3.05, 3.63) is 35.4 Å². The Bertz CT molecular complexity index is 778. The predicted octanol–water partition coefficient (Wildman–Crippen LogP) is 1.55.